The molecule has 0 spiro atoms. The van der Waals surface area contributed by atoms with Crippen LogP contribution in [0.3, 0.4) is 0 Å². The SMILES string of the molecule is Cc1ccccc1CC(=O)OCC(=O)N[C@H]1CCCC[C@@H]1C. The highest BCUT2D eigenvalue weighted by molar-refractivity contribution is 5.81. The fourth-order valence-electron chi connectivity index (χ4n) is 2.94. The number of hydrogen-bond donors (Lipinski definition) is 1. The monoisotopic (exact) mass is 303 g/mol. The molecule has 1 saturated carbocycles. The first-order chi connectivity index (χ1) is 10.6. The van der Waals surface area contributed by atoms with Gasteiger partial charge in [0.1, 0.15) is 0 Å². The quantitative estimate of drug-likeness (QED) is 0.851. The number of ether oxygens (including phenoxy) is 1. The van der Waals surface area contributed by atoms with Crippen molar-refractivity contribution < 1.29 is 14.3 Å². The fourth-order valence-corrected chi connectivity index (χ4v) is 2.94. The van der Waals surface area contributed by atoms with Crippen LogP contribution >= 0.6 is 0 Å². The lowest BCUT2D eigenvalue weighted by atomic mass is 9.86. The van der Waals surface area contributed by atoms with E-state index in [1.54, 1.807) is 0 Å². The van der Waals surface area contributed by atoms with E-state index in [9.17, 15) is 9.59 Å². The molecule has 0 unspecified atom stereocenters. The van der Waals surface area contributed by atoms with Gasteiger partial charge in [-0.05, 0) is 36.8 Å². The number of benzene rings is 1. The number of amides is 1. The number of esters is 1. The molecule has 1 amide bonds. The van der Waals surface area contributed by atoms with Crippen molar-refractivity contribution in [3.63, 3.8) is 0 Å². The van der Waals surface area contributed by atoms with Gasteiger partial charge in [0.05, 0.1) is 6.42 Å². The maximum absolute atomic E-state index is 11.9. The lowest BCUT2D eigenvalue weighted by molar-refractivity contribution is -0.148. The van der Waals surface area contributed by atoms with E-state index in [1.807, 2.05) is 31.2 Å². The Hall–Kier alpha value is -1.84. The van der Waals surface area contributed by atoms with Crippen molar-refractivity contribution >= 4 is 11.9 Å². The molecule has 0 aliphatic heterocycles. The summed E-state index contributed by atoms with van der Waals surface area (Å²) in [7, 11) is 0. The number of aryl methyl sites for hydroxylation is 1. The van der Waals surface area contributed by atoms with Crippen molar-refractivity contribution in [3.05, 3.63) is 35.4 Å². The summed E-state index contributed by atoms with van der Waals surface area (Å²) in [4.78, 5) is 23.7. The molecule has 2 rings (SSSR count). The Morgan fingerprint density at radius 3 is 2.68 bits per heavy atom. The average Bonchev–Trinajstić information content (AvgIpc) is 2.50. The van der Waals surface area contributed by atoms with Gasteiger partial charge >= 0.3 is 5.97 Å². The van der Waals surface area contributed by atoms with Gasteiger partial charge in [-0.1, -0.05) is 44.0 Å². The zero-order valence-electron chi connectivity index (χ0n) is 13.4. The predicted molar refractivity (Wildman–Crippen MR) is 85.4 cm³/mol. The first-order valence-corrected chi connectivity index (χ1v) is 8.05. The lowest BCUT2D eigenvalue weighted by Gasteiger charge is -2.29. The molecular weight excluding hydrogens is 278 g/mol. The summed E-state index contributed by atoms with van der Waals surface area (Å²) in [5.74, 6) is -0.0570. The Morgan fingerprint density at radius 2 is 1.95 bits per heavy atom. The summed E-state index contributed by atoms with van der Waals surface area (Å²) in [6.07, 6.45) is 4.77. The molecule has 1 aliphatic rings. The van der Waals surface area contributed by atoms with Gasteiger partial charge in [0, 0.05) is 6.04 Å². The van der Waals surface area contributed by atoms with Crippen molar-refractivity contribution in [1.82, 2.24) is 5.32 Å². The Kier molecular flexibility index (Phi) is 5.99. The van der Waals surface area contributed by atoms with Crippen molar-refractivity contribution in [1.29, 1.82) is 0 Å². The number of hydrogen-bond acceptors (Lipinski definition) is 3. The maximum Gasteiger partial charge on any atom is 0.310 e. The highest BCUT2D eigenvalue weighted by Crippen LogP contribution is 2.23. The van der Waals surface area contributed by atoms with Crippen LogP contribution in [0.2, 0.25) is 0 Å². The van der Waals surface area contributed by atoms with Gasteiger partial charge in [0.2, 0.25) is 0 Å². The number of rotatable bonds is 5. The fraction of sp³-hybridized carbons (Fsp3) is 0.556. The Bertz CT molecular complexity index is 527. The minimum absolute atomic E-state index is 0.187. The van der Waals surface area contributed by atoms with Crippen molar-refractivity contribution in [2.24, 2.45) is 5.92 Å². The smallest absolute Gasteiger partial charge is 0.310 e. The van der Waals surface area contributed by atoms with Gasteiger partial charge < -0.3 is 10.1 Å². The van der Waals surface area contributed by atoms with E-state index < -0.39 is 0 Å². The van der Waals surface area contributed by atoms with Crippen LogP contribution in [-0.2, 0) is 20.7 Å². The lowest BCUT2D eigenvalue weighted by Crippen LogP contribution is -2.43. The van der Waals surface area contributed by atoms with Gasteiger partial charge in [-0.3, -0.25) is 9.59 Å². The van der Waals surface area contributed by atoms with Crippen molar-refractivity contribution in [2.45, 2.75) is 52.0 Å². The van der Waals surface area contributed by atoms with Crippen LogP contribution in [0.25, 0.3) is 0 Å². The molecule has 1 aromatic carbocycles. The second kappa shape index (κ2) is 7.97. The van der Waals surface area contributed by atoms with Gasteiger partial charge in [0.15, 0.2) is 6.61 Å². The van der Waals surface area contributed by atoms with Crippen LogP contribution < -0.4 is 5.32 Å². The second-order valence-corrected chi connectivity index (χ2v) is 6.20. The molecule has 0 radical (unpaired) electrons. The summed E-state index contributed by atoms with van der Waals surface area (Å²) in [5.41, 5.74) is 1.99. The molecule has 120 valence electrons. The molecule has 1 fully saturated rings. The third-order valence-corrected chi connectivity index (χ3v) is 4.42. The topological polar surface area (TPSA) is 55.4 Å². The zero-order valence-corrected chi connectivity index (χ0v) is 13.4. The molecule has 4 heteroatoms. The molecule has 2 atom stereocenters. The molecule has 1 N–H and O–H groups in total. The molecule has 0 bridgehead atoms. The van der Waals surface area contributed by atoms with Crippen molar-refractivity contribution in [2.75, 3.05) is 6.61 Å². The molecule has 0 aromatic heterocycles. The van der Waals surface area contributed by atoms with Gasteiger partial charge in [0.25, 0.3) is 5.91 Å². The molecule has 4 nitrogen and oxygen atoms in total. The van der Waals surface area contributed by atoms with E-state index in [4.69, 9.17) is 4.74 Å². The van der Waals surface area contributed by atoms with E-state index in [-0.39, 0.29) is 30.9 Å². The van der Waals surface area contributed by atoms with Crippen LogP contribution in [0.5, 0.6) is 0 Å². The number of carbonyl (C=O) groups excluding carboxylic acids is 2. The van der Waals surface area contributed by atoms with E-state index in [1.165, 1.54) is 6.42 Å². The molecule has 0 heterocycles. The van der Waals surface area contributed by atoms with Gasteiger partial charge in [-0.15, -0.1) is 0 Å². The first kappa shape index (κ1) is 16.5. The predicted octanol–water partition coefficient (Wildman–Crippen LogP) is 2.78. The van der Waals surface area contributed by atoms with Crippen LogP contribution in [0.4, 0.5) is 0 Å². The summed E-state index contributed by atoms with van der Waals surface area (Å²) < 4.78 is 5.09. The average molecular weight is 303 g/mol. The Morgan fingerprint density at radius 1 is 1.23 bits per heavy atom. The molecule has 1 aromatic rings. The summed E-state index contributed by atoms with van der Waals surface area (Å²) in [5, 5.41) is 2.98. The molecule has 22 heavy (non-hydrogen) atoms. The third kappa shape index (κ3) is 4.86. The van der Waals surface area contributed by atoms with E-state index in [0.717, 1.165) is 30.4 Å². The summed E-state index contributed by atoms with van der Waals surface area (Å²) in [6.45, 7) is 3.93. The number of nitrogens with one attached hydrogen (secondary N) is 1. The summed E-state index contributed by atoms with van der Waals surface area (Å²) in [6, 6.07) is 7.91. The highest BCUT2D eigenvalue weighted by Gasteiger charge is 2.23. The van der Waals surface area contributed by atoms with E-state index in [2.05, 4.69) is 12.2 Å². The Balaban J connectivity index is 1.74. The van der Waals surface area contributed by atoms with E-state index in [0.29, 0.717) is 5.92 Å². The molecule has 1 aliphatic carbocycles. The van der Waals surface area contributed by atoms with Crippen LogP contribution in [-0.4, -0.2) is 24.5 Å². The van der Waals surface area contributed by atoms with Crippen molar-refractivity contribution in [3.8, 4) is 0 Å². The third-order valence-electron chi connectivity index (χ3n) is 4.42. The van der Waals surface area contributed by atoms with E-state index >= 15 is 0 Å². The minimum Gasteiger partial charge on any atom is -0.455 e. The Labute approximate surface area is 132 Å². The van der Waals surface area contributed by atoms with Crippen LogP contribution in [0.15, 0.2) is 24.3 Å². The number of carbonyl (C=O) groups is 2. The van der Waals surface area contributed by atoms with Crippen LogP contribution in [0.1, 0.15) is 43.7 Å². The normalized spacial score (nSPS) is 21.2. The standard InChI is InChI=1S/C18H25NO3/c1-13-7-3-5-9-15(13)11-18(21)22-12-17(20)19-16-10-6-4-8-14(16)2/h3,5,7,9,14,16H,4,6,8,10-12H2,1-2H3,(H,19,20)/t14-,16-/m0/s1. The summed E-state index contributed by atoms with van der Waals surface area (Å²) >= 11 is 0. The van der Waals surface area contributed by atoms with Crippen LogP contribution in [0, 0.1) is 12.8 Å². The van der Waals surface area contributed by atoms with Gasteiger partial charge in [-0.25, -0.2) is 0 Å². The minimum atomic E-state index is -0.360. The first-order valence-electron chi connectivity index (χ1n) is 8.05. The second-order valence-electron chi connectivity index (χ2n) is 6.20. The molecular formula is C18H25NO3. The zero-order chi connectivity index (χ0) is 15.9. The van der Waals surface area contributed by atoms with Gasteiger partial charge in [-0.2, -0.15) is 0 Å². The largest absolute Gasteiger partial charge is 0.455 e. The highest BCUT2D eigenvalue weighted by atomic mass is 16.5. The maximum atomic E-state index is 11.9. The molecule has 0 saturated heterocycles.